The number of aromatic amines is 4. The molecule has 0 amide bonds. The second kappa shape index (κ2) is 5.19. The first-order valence-electron chi connectivity index (χ1n) is 7.32. The summed E-state index contributed by atoms with van der Waals surface area (Å²) >= 11 is 0. The Balaban J connectivity index is 2.75. The van der Waals surface area contributed by atoms with E-state index in [1.165, 1.54) is 13.8 Å². The number of H-pyrrole nitrogens is 4. The van der Waals surface area contributed by atoms with Gasteiger partial charge >= 0.3 is 0 Å². The fourth-order valence-corrected chi connectivity index (χ4v) is 3.11. The molecule has 3 rings (SSSR count). The third kappa shape index (κ3) is 1.99. The SMILES string of the molecule is CC(=O)c1c(C)[nH][nH]c2c(=O)c3c(C(C)=O)c(C)[nH][nH]c3c(=O)c12. The van der Waals surface area contributed by atoms with E-state index in [1.54, 1.807) is 13.8 Å². The highest BCUT2D eigenvalue weighted by molar-refractivity contribution is 6.13. The normalized spacial score (nSPS) is 11.2. The Morgan fingerprint density at radius 3 is 1.29 bits per heavy atom. The van der Waals surface area contributed by atoms with Gasteiger partial charge in [0.15, 0.2) is 11.6 Å². The van der Waals surface area contributed by atoms with Crippen LogP contribution in [0.15, 0.2) is 9.59 Å². The van der Waals surface area contributed by atoms with Crippen molar-refractivity contribution >= 4 is 33.4 Å². The van der Waals surface area contributed by atoms with Gasteiger partial charge in [0.1, 0.15) is 11.0 Å². The Bertz CT molecular complexity index is 1080. The van der Waals surface area contributed by atoms with E-state index < -0.39 is 10.9 Å². The average molecular weight is 328 g/mol. The number of hydrogen-bond donors (Lipinski definition) is 4. The van der Waals surface area contributed by atoms with Crippen LogP contribution >= 0.6 is 0 Å². The number of fused-ring (bicyclic) bond motifs is 2. The maximum absolute atomic E-state index is 12.9. The molecule has 0 fully saturated rings. The van der Waals surface area contributed by atoms with Gasteiger partial charge in [-0.1, -0.05) is 0 Å². The maximum atomic E-state index is 12.9. The second-order valence-corrected chi connectivity index (χ2v) is 5.77. The molecule has 1 aromatic carbocycles. The molecule has 3 aromatic rings. The number of aryl methyl sites for hydroxylation is 2. The molecular weight excluding hydrogens is 312 g/mol. The lowest BCUT2D eigenvalue weighted by Gasteiger charge is -2.11. The van der Waals surface area contributed by atoms with Crippen molar-refractivity contribution in [3.05, 3.63) is 43.0 Å². The molecule has 0 bridgehead atoms. The standard InChI is InChI=1S/C16H16N4O4/c1-5-9(7(3)21)11-13(19-17-5)16(24)12-10(8(4)22)6(2)18-20-14(12)15(11)23/h17-20H,1-4H3. The zero-order valence-electron chi connectivity index (χ0n) is 13.6. The summed E-state index contributed by atoms with van der Waals surface area (Å²) in [5.74, 6) is -0.664. The Morgan fingerprint density at radius 1 is 0.667 bits per heavy atom. The molecule has 0 unspecified atom stereocenters. The van der Waals surface area contributed by atoms with E-state index in [2.05, 4.69) is 20.4 Å². The number of rotatable bonds is 2. The number of aromatic nitrogens is 4. The fraction of sp³-hybridized carbons (Fsp3) is 0.250. The van der Waals surface area contributed by atoms with Crippen molar-refractivity contribution < 1.29 is 9.59 Å². The monoisotopic (exact) mass is 328 g/mol. The Morgan fingerprint density at radius 2 is 1.00 bits per heavy atom. The van der Waals surface area contributed by atoms with E-state index in [9.17, 15) is 19.2 Å². The van der Waals surface area contributed by atoms with E-state index in [4.69, 9.17) is 0 Å². The summed E-state index contributed by atoms with van der Waals surface area (Å²) in [6.45, 7) is 5.92. The van der Waals surface area contributed by atoms with Gasteiger partial charge in [-0.2, -0.15) is 0 Å². The van der Waals surface area contributed by atoms with Crippen LogP contribution in [0.1, 0.15) is 46.0 Å². The molecule has 2 aromatic heterocycles. The van der Waals surface area contributed by atoms with Crippen LogP contribution in [0.4, 0.5) is 0 Å². The average Bonchev–Trinajstić information content (AvgIpc) is 2.51. The van der Waals surface area contributed by atoms with Gasteiger partial charge in [0.05, 0.1) is 21.9 Å². The number of Topliss-reactive ketones (excluding diaryl/α,β-unsaturated/α-hetero) is 2. The number of benzene rings is 1. The third-order valence-corrected chi connectivity index (χ3v) is 4.11. The van der Waals surface area contributed by atoms with Crippen molar-refractivity contribution in [3.63, 3.8) is 0 Å². The van der Waals surface area contributed by atoms with E-state index in [0.717, 1.165) is 0 Å². The number of carbonyl (C=O) groups is 2. The smallest absolute Gasteiger partial charge is 0.214 e. The largest absolute Gasteiger partial charge is 0.304 e. The molecule has 0 aliphatic carbocycles. The fourth-order valence-electron chi connectivity index (χ4n) is 3.11. The van der Waals surface area contributed by atoms with Crippen LogP contribution in [0.2, 0.25) is 0 Å². The van der Waals surface area contributed by atoms with Gasteiger partial charge in [0.2, 0.25) is 10.9 Å². The van der Waals surface area contributed by atoms with Gasteiger partial charge < -0.3 is 10.2 Å². The molecule has 0 saturated heterocycles. The molecule has 124 valence electrons. The quantitative estimate of drug-likeness (QED) is 0.420. The van der Waals surface area contributed by atoms with Crippen molar-refractivity contribution in [1.29, 1.82) is 0 Å². The summed E-state index contributed by atoms with van der Waals surface area (Å²) < 4.78 is 0. The van der Waals surface area contributed by atoms with Crippen molar-refractivity contribution in [3.8, 4) is 0 Å². The molecule has 8 nitrogen and oxygen atoms in total. The van der Waals surface area contributed by atoms with E-state index >= 15 is 0 Å². The zero-order chi connectivity index (χ0) is 17.8. The number of hydrogen-bond acceptors (Lipinski definition) is 4. The Kier molecular flexibility index (Phi) is 3.40. The minimum atomic E-state index is -0.517. The second-order valence-electron chi connectivity index (χ2n) is 5.77. The summed E-state index contributed by atoms with van der Waals surface area (Å²) in [4.78, 5) is 49.8. The van der Waals surface area contributed by atoms with Gasteiger partial charge in [0.25, 0.3) is 0 Å². The van der Waals surface area contributed by atoms with Gasteiger partial charge in [-0.25, -0.2) is 0 Å². The third-order valence-electron chi connectivity index (χ3n) is 4.11. The van der Waals surface area contributed by atoms with Crippen molar-refractivity contribution in [2.24, 2.45) is 0 Å². The molecule has 2 heterocycles. The lowest BCUT2D eigenvalue weighted by Crippen LogP contribution is -2.22. The molecule has 0 radical (unpaired) electrons. The highest BCUT2D eigenvalue weighted by atomic mass is 16.1. The predicted octanol–water partition coefficient (Wildman–Crippen LogP) is 1.61. The minimum Gasteiger partial charge on any atom is -0.304 e. The summed E-state index contributed by atoms with van der Waals surface area (Å²) in [6, 6.07) is 0. The van der Waals surface area contributed by atoms with Crippen LogP contribution in [0, 0.1) is 13.8 Å². The molecular formula is C16H16N4O4. The molecule has 0 atom stereocenters. The van der Waals surface area contributed by atoms with Crippen molar-refractivity contribution in [1.82, 2.24) is 20.4 Å². The highest BCUT2D eigenvalue weighted by Crippen LogP contribution is 2.19. The first-order valence-corrected chi connectivity index (χ1v) is 7.32. The van der Waals surface area contributed by atoms with Gasteiger partial charge in [0, 0.05) is 11.4 Å². The van der Waals surface area contributed by atoms with Crippen LogP contribution < -0.4 is 10.9 Å². The van der Waals surface area contributed by atoms with Gasteiger partial charge in [-0.3, -0.25) is 29.4 Å². The Labute approximate surface area is 134 Å². The lowest BCUT2D eigenvalue weighted by molar-refractivity contribution is 0.100. The van der Waals surface area contributed by atoms with E-state index in [1.807, 2.05) is 0 Å². The van der Waals surface area contributed by atoms with Gasteiger partial charge in [-0.15, -0.1) is 0 Å². The van der Waals surface area contributed by atoms with Crippen LogP contribution in [-0.4, -0.2) is 32.0 Å². The van der Waals surface area contributed by atoms with E-state index in [-0.39, 0.29) is 44.5 Å². The molecule has 0 aliphatic rings. The summed E-state index contributed by atoms with van der Waals surface area (Å²) in [6.07, 6.45) is 0. The summed E-state index contributed by atoms with van der Waals surface area (Å²) in [5, 5.41) is 10.8. The zero-order valence-corrected chi connectivity index (χ0v) is 13.6. The first kappa shape index (κ1) is 15.7. The van der Waals surface area contributed by atoms with Crippen molar-refractivity contribution in [2.45, 2.75) is 27.7 Å². The molecule has 0 aliphatic heterocycles. The maximum Gasteiger partial charge on any atom is 0.214 e. The topological polar surface area (TPSA) is 131 Å². The van der Waals surface area contributed by atoms with E-state index in [0.29, 0.717) is 11.4 Å². The minimum absolute atomic E-state index is 0.0132. The van der Waals surface area contributed by atoms with Crippen molar-refractivity contribution in [2.75, 3.05) is 0 Å². The first-order chi connectivity index (χ1) is 11.3. The summed E-state index contributed by atoms with van der Waals surface area (Å²) in [5.41, 5.74) is 0.142. The summed E-state index contributed by atoms with van der Waals surface area (Å²) in [7, 11) is 0. The molecule has 0 spiro atoms. The lowest BCUT2D eigenvalue weighted by atomic mass is 9.98. The Hall–Kier alpha value is -3.16. The van der Waals surface area contributed by atoms with Crippen LogP contribution in [0.25, 0.3) is 21.8 Å². The predicted molar refractivity (Wildman–Crippen MR) is 89.7 cm³/mol. The number of ketones is 2. The molecule has 4 N–H and O–H groups in total. The molecule has 8 heteroatoms. The van der Waals surface area contributed by atoms with Crippen LogP contribution in [0.5, 0.6) is 0 Å². The number of carbonyl (C=O) groups excluding carboxylic acids is 2. The van der Waals surface area contributed by atoms with Crippen LogP contribution in [-0.2, 0) is 0 Å². The van der Waals surface area contributed by atoms with Gasteiger partial charge in [-0.05, 0) is 27.7 Å². The molecule has 24 heavy (non-hydrogen) atoms. The van der Waals surface area contributed by atoms with Crippen LogP contribution in [0.3, 0.4) is 0 Å². The highest BCUT2D eigenvalue weighted by Gasteiger charge is 2.22. The molecule has 0 saturated carbocycles. The number of nitrogens with one attached hydrogen (secondary N) is 4.